The number of nitrogens with one attached hydrogen (secondary N) is 2. The van der Waals surface area contributed by atoms with Gasteiger partial charge in [0.05, 0.1) is 26.5 Å². The minimum absolute atomic E-state index is 0.0842. The molecule has 0 saturated heterocycles. The topological polar surface area (TPSA) is 107 Å². The Bertz CT molecular complexity index is 914. The van der Waals surface area contributed by atoms with Gasteiger partial charge in [-0.05, 0) is 31.4 Å². The van der Waals surface area contributed by atoms with E-state index in [0.717, 1.165) is 35.3 Å². The Morgan fingerprint density at radius 1 is 1.18 bits per heavy atom. The number of ether oxygens (including phenoxy) is 2. The summed E-state index contributed by atoms with van der Waals surface area (Å²) in [5, 5.41) is 15.9. The summed E-state index contributed by atoms with van der Waals surface area (Å²) in [6.45, 7) is 0.983. The molecule has 1 heterocycles. The van der Waals surface area contributed by atoms with Crippen molar-refractivity contribution in [3.8, 4) is 5.75 Å². The van der Waals surface area contributed by atoms with E-state index in [9.17, 15) is 9.59 Å². The molecule has 1 aromatic heterocycles. The van der Waals surface area contributed by atoms with Gasteiger partial charge in [-0.2, -0.15) is 0 Å². The number of carbonyl (C=O) groups excluding carboxylic acids is 2. The van der Waals surface area contributed by atoms with Crippen molar-refractivity contribution in [2.75, 3.05) is 31.8 Å². The average molecular weight is 476 g/mol. The Morgan fingerprint density at radius 3 is 2.76 bits per heavy atom. The molecule has 2 N–H and O–H groups in total. The van der Waals surface area contributed by atoms with Crippen LogP contribution in [0.1, 0.15) is 56.8 Å². The van der Waals surface area contributed by atoms with E-state index in [0.29, 0.717) is 32.0 Å². The van der Waals surface area contributed by atoms with Crippen LogP contribution in [0.3, 0.4) is 0 Å². The molecule has 1 saturated carbocycles. The molecule has 0 spiro atoms. The van der Waals surface area contributed by atoms with Gasteiger partial charge in [-0.3, -0.25) is 9.59 Å². The molecule has 0 unspecified atom stereocenters. The van der Waals surface area contributed by atoms with Crippen LogP contribution in [0.4, 0.5) is 5.69 Å². The third kappa shape index (κ3) is 7.66. The Morgan fingerprint density at radius 2 is 2.00 bits per heavy atom. The maximum absolute atomic E-state index is 12.3. The molecule has 0 bridgehead atoms. The lowest BCUT2D eigenvalue weighted by Gasteiger charge is -2.25. The van der Waals surface area contributed by atoms with E-state index in [1.54, 1.807) is 7.11 Å². The van der Waals surface area contributed by atoms with Crippen LogP contribution in [0.5, 0.6) is 5.75 Å². The molecular weight excluding hydrogens is 442 g/mol. The number of hydrogen-bond acceptors (Lipinski definition) is 8. The fourth-order valence-corrected chi connectivity index (χ4v) is 4.74. The molecule has 1 aromatic carbocycles. The van der Waals surface area contributed by atoms with E-state index in [-0.39, 0.29) is 17.6 Å². The fourth-order valence-electron chi connectivity index (χ4n) is 3.89. The normalized spacial score (nSPS) is 14.0. The number of thioether (sulfide) groups is 1. The summed E-state index contributed by atoms with van der Waals surface area (Å²) in [5.41, 5.74) is 0.952. The number of nitrogens with zero attached hydrogens (tertiary/aromatic N) is 3. The Hall–Kier alpha value is -2.75. The summed E-state index contributed by atoms with van der Waals surface area (Å²) in [4.78, 5) is 23.4. The monoisotopic (exact) mass is 475 g/mol. The first-order valence-electron chi connectivity index (χ1n) is 11.4. The minimum atomic E-state index is -0.269. The predicted molar refractivity (Wildman–Crippen MR) is 127 cm³/mol. The summed E-state index contributed by atoms with van der Waals surface area (Å²) >= 11 is 1.40. The van der Waals surface area contributed by atoms with Gasteiger partial charge in [0.2, 0.25) is 5.91 Å². The van der Waals surface area contributed by atoms with E-state index in [1.165, 1.54) is 38.1 Å². The largest absolute Gasteiger partial charge is 0.497 e. The third-order valence-electron chi connectivity index (χ3n) is 5.64. The second kappa shape index (κ2) is 13.1. The number of esters is 1. The average Bonchev–Trinajstić information content (AvgIpc) is 3.27. The molecule has 10 heteroatoms. The fraction of sp³-hybridized carbons (Fsp3) is 0.565. The zero-order valence-corrected chi connectivity index (χ0v) is 20.2. The molecule has 1 amide bonds. The van der Waals surface area contributed by atoms with E-state index >= 15 is 0 Å². The highest BCUT2D eigenvalue weighted by Gasteiger charge is 2.23. The van der Waals surface area contributed by atoms with E-state index in [1.807, 2.05) is 24.3 Å². The highest BCUT2D eigenvalue weighted by atomic mass is 32.2. The van der Waals surface area contributed by atoms with Gasteiger partial charge < -0.3 is 24.7 Å². The number of hydrogen-bond donors (Lipinski definition) is 2. The van der Waals surface area contributed by atoms with Crippen LogP contribution in [0.15, 0.2) is 29.4 Å². The van der Waals surface area contributed by atoms with Gasteiger partial charge in [0.25, 0.3) is 0 Å². The molecule has 9 nitrogen and oxygen atoms in total. The van der Waals surface area contributed by atoms with Gasteiger partial charge in [0.1, 0.15) is 5.75 Å². The number of amides is 1. The van der Waals surface area contributed by atoms with Crippen molar-refractivity contribution in [3.63, 3.8) is 0 Å². The van der Waals surface area contributed by atoms with Crippen LogP contribution in [-0.2, 0) is 20.9 Å². The first kappa shape index (κ1) is 24.9. The Labute approximate surface area is 199 Å². The van der Waals surface area contributed by atoms with E-state index in [2.05, 4.69) is 30.1 Å². The zero-order valence-electron chi connectivity index (χ0n) is 19.3. The summed E-state index contributed by atoms with van der Waals surface area (Å²) in [6, 6.07) is 8.13. The number of methoxy groups -OCH3 is 2. The molecule has 1 fully saturated rings. The molecule has 1 aliphatic carbocycles. The SMILES string of the molecule is COC(=O)CCCNC(=O)CSc1nnc(CNc2cccc(OC)c2)n1C1CCCCC1. The maximum atomic E-state index is 12.3. The van der Waals surface area contributed by atoms with Gasteiger partial charge in [-0.15, -0.1) is 10.2 Å². The van der Waals surface area contributed by atoms with Crippen molar-refractivity contribution in [2.24, 2.45) is 0 Å². The standard InChI is InChI=1S/C23H33N5O4S/c1-31-19-11-6-8-17(14-19)25-15-20-26-27-23(28(20)18-9-4-3-5-10-18)33-16-21(29)24-13-7-12-22(30)32-2/h6,8,11,14,18,25H,3-5,7,9-10,12-13,15-16H2,1-2H3,(H,24,29). The summed E-state index contributed by atoms with van der Waals surface area (Å²) < 4.78 is 12.1. The van der Waals surface area contributed by atoms with Crippen LogP contribution < -0.4 is 15.4 Å². The lowest BCUT2D eigenvalue weighted by atomic mass is 9.95. The summed E-state index contributed by atoms with van der Waals surface area (Å²) in [7, 11) is 3.01. The highest BCUT2D eigenvalue weighted by molar-refractivity contribution is 7.99. The molecule has 2 aromatic rings. The smallest absolute Gasteiger partial charge is 0.305 e. The Kier molecular flexibility index (Phi) is 9.86. The van der Waals surface area contributed by atoms with Gasteiger partial charge in [-0.25, -0.2) is 0 Å². The van der Waals surface area contributed by atoms with Crippen LogP contribution >= 0.6 is 11.8 Å². The van der Waals surface area contributed by atoms with Crippen LogP contribution in [0.2, 0.25) is 0 Å². The van der Waals surface area contributed by atoms with Crippen molar-refractivity contribution < 1.29 is 19.1 Å². The van der Waals surface area contributed by atoms with Crippen LogP contribution in [0.25, 0.3) is 0 Å². The lowest BCUT2D eigenvalue weighted by molar-refractivity contribution is -0.140. The van der Waals surface area contributed by atoms with Crippen molar-refractivity contribution in [2.45, 2.75) is 62.7 Å². The number of carbonyl (C=O) groups is 2. The molecule has 0 atom stereocenters. The van der Waals surface area contributed by atoms with Crippen molar-refractivity contribution in [1.82, 2.24) is 20.1 Å². The summed E-state index contributed by atoms with van der Waals surface area (Å²) in [6.07, 6.45) is 6.68. The molecular formula is C23H33N5O4S. The van der Waals surface area contributed by atoms with Crippen molar-refractivity contribution in [3.05, 3.63) is 30.1 Å². The molecule has 0 aliphatic heterocycles. The second-order valence-electron chi connectivity index (χ2n) is 7.96. The maximum Gasteiger partial charge on any atom is 0.305 e. The molecule has 3 rings (SSSR count). The summed E-state index contributed by atoms with van der Waals surface area (Å²) in [5.74, 6) is 1.56. The minimum Gasteiger partial charge on any atom is -0.497 e. The van der Waals surface area contributed by atoms with Crippen LogP contribution in [-0.4, -0.2) is 53.2 Å². The number of benzene rings is 1. The van der Waals surface area contributed by atoms with Gasteiger partial charge in [0, 0.05) is 30.8 Å². The lowest BCUT2D eigenvalue weighted by Crippen LogP contribution is -2.27. The predicted octanol–water partition coefficient (Wildman–Crippen LogP) is 3.57. The Balaban J connectivity index is 1.60. The van der Waals surface area contributed by atoms with Gasteiger partial charge >= 0.3 is 5.97 Å². The number of rotatable bonds is 12. The second-order valence-corrected chi connectivity index (χ2v) is 8.91. The first-order valence-corrected chi connectivity index (χ1v) is 12.4. The van der Waals surface area contributed by atoms with E-state index < -0.39 is 0 Å². The van der Waals surface area contributed by atoms with Crippen molar-refractivity contribution in [1.29, 1.82) is 0 Å². The first-order chi connectivity index (χ1) is 16.1. The number of anilines is 1. The molecule has 180 valence electrons. The van der Waals surface area contributed by atoms with E-state index in [4.69, 9.17) is 4.74 Å². The highest BCUT2D eigenvalue weighted by Crippen LogP contribution is 2.33. The third-order valence-corrected chi connectivity index (χ3v) is 6.58. The van der Waals surface area contributed by atoms with Crippen molar-refractivity contribution >= 4 is 29.3 Å². The van der Waals surface area contributed by atoms with Gasteiger partial charge in [-0.1, -0.05) is 37.1 Å². The molecule has 0 radical (unpaired) electrons. The van der Waals surface area contributed by atoms with Crippen LogP contribution in [0, 0.1) is 0 Å². The molecule has 1 aliphatic rings. The zero-order chi connectivity index (χ0) is 23.5. The molecule has 33 heavy (non-hydrogen) atoms. The number of aromatic nitrogens is 3. The van der Waals surface area contributed by atoms with Gasteiger partial charge in [0.15, 0.2) is 11.0 Å². The quantitative estimate of drug-likeness (QED) is 0.273.